The third kappa shape index (κ3) is 18.7. The topological polar surface area (TPSA) is 194 Å². The Kier molecular flexibility index (Phi) is 22.8. The fourth-order valence-electron chi connectivity index (χ4n) is 5.87. The van der Waals surface area contributed by atoms with Gasteiger partial charge < -0.3 is 50.2 Å². The molecule has 0 aliphatic heterocycles. The summed E-state index contributed by atoms with van der Waals surface area (Å²) in [5.74, 6) is 0.772. The number of carbonyl (C=O) groups is 5. The molecule has 5 amide bonds. The fourth-order valence-corrected chi connectivity index (χ4v) is 5.87. The highest BCUT2D eigenvalue weighted by Crippen LogP contribution is 2.24. The highest BCUT2D eigenvalue weighted by Gasteiger charge is 2.27. The first-order valence-corrected chi connectivity index (χ1v) is 20.5. The number of terminal acetylenes is 1. The molecule has 0 aliphatic rings. The van der Waals surface area contributed by atoms with Crippen LogP contribution in [0.15, 0.2) is 72.8 Å². The Morgan fingerprint density at radius 3 is 1.93 bits per heavy atom. The summed E-state index contributed by atoms with van der Waals surface area (Å²) >= 11 is 0. The van der Waals surface area contributed by atoms with Gasteiger partial charge in [0.05, 0.1) is 66.0 Å². The highest BCUT2D eigenvalue weighted by atomic mass is 16.6. The van der Waals surface area contributed by atoms with Gasteiger partial charge in [0.15, 0.2) is 0 Å². The van der Waals surface area contributed by atoms with Crippen LogP contribution in [0.4, 0.5) is 11.4 Å². The molecule has 0 fully saturated rings. The SMILES string of the molecule is C#Cc1ccccc1CN(C(=O)CCC(=O)NCCOCCOCCOCCOCCC(=O)N[C@H](C(=O)N[C@@H](C)C(=O)Nc1ccc(CO)cc1)C(C)C)c1ccccc1C. The summed E-state index contributed by atoms with van der Waals surface area (Å²) in [4.78, 5) is 65.6. The number of hydrogen-bond acceptors (Lipinski definition) is 10. The molecule has 15 heteroatoms. The molecular formula is C46H61N5O10. The quantitative estimate of drug-likeness (QED) is 0.0533. The Bertz CT molecular complexity index is 1880. The Labute approximate surface area is 359 Å². The largest absolute Gasteiger partial charge is 0.392 e. The average molecular weight is 844 g/mol. The second kappa shape index (κ2) is 28.0. The molecule has 0 spiro atoms. The average Bonchev–Trinajstić information content (AvgIpc) is 3.25. The molecule has 15 nitrogen and oxygen atoms in total. The molecule has 3 aromatic rings. The van der Waals surface area contributed by atoms with Crippen LogP contribution in [0.5, 0.6) is 0 Å². The zero-order valence-electron chi connectivity index (χ0n) is 35.7. The van der Waals surface area contributed by atoms with Crippen molar-refractivity contribution in [2.45, 2.75) is 72.2 Å². The molecule has 2 atom stereocenters. The van der Waals surface area contributed by atoms with Crippen molar-refractivity contribution < 1.29 is 48.0 Å². The number of hydrogen-bond donors (Lipinski definition) is 5. The number of aliphatic hydroxyl groups is 1. The van der Waals surface area contributed by atoms with Crippen molar-refractivity contribution in [1.82, 2.24) is 16.0 Å². The van der Waals surface area contributed by atoms with Crippen LogP contribution in [0.3, 0.4) is 0 Å². The Morgan fingerprint density at radius 1 is 0.705 bits per heavy atom. The molecule has 3 rings (SSSR count). The standard InChI is InChI=1S/C46H61N5O10/c1-6-37-12-8-9-13-38(37)31-51(40-14-10-7-11-34(40)4)43(55)20-19-41(53)47-22-24-59-26-28-61-30-29-60-27-25-58-23-21-42(54)50-44(33(2)3)46(57)48-35(5)45(56)49-39-17-15-36(32-52)16-18-39/h1,7-18,33,35,44,52H,19-32H2,2-5H3,(H,47,53)(H,48,57)(H,49,56)(H,50,54)/t35-,44-/m0/s1. The van der Waals surface area contributed by atoms with Crippen molar-refractivity contribution in [1.29, 1.82) is 0 Å². The van der Waals surface area contributed by atoms with Crippen LogP contribution in [0.25, 0.3) is 0 Å². The minimum absolute atomic E-state index is 0.0364. The zero-order valence-corrected chi connectivity index (χ0v) is 35.7. The molecule has 0 heterocycles. The molecule has 0 radical (unpaired) electrons. The number of anilines is 2. The van der Waals surface area contributed by atoms with Gasteiger partial charge >= 0.3 is 0 Å². The molecule has 0 bridgehead atoms. The van der Waals surface area contributed by atoms with Crippen LogP contribution in [-0.2, 0) is 56.1 Å². The molecule has 5 N–H and O–H groups in total. The van der Waals surface area contributed by atoms with Gasteiger partial charge in [-0.15, -0.1) is 6.42 Å². The summed E-state index contributed by atoms with van der Waals surface area (Å²) in [6.45, 7) is 9.94. The molecule has 330 valence electrons. The maximum absolute atomic E-state index is 13.4. The van der Waals surface area contributed by atoms with Gasteiger partial charge in [0.1, 0.15) is 12.1 Å². The molecule has 0 saturated carbocycles. The molecule has 0 unspecified atom stereocenters. The van der Waals surface area contributed by atoms with Crippen molar-refractivity contribution in [2.24, 2.45) is 5.92 Å². The van der Waals surface area contributed by atoms with Crippen molar-refractivity contribution in [2.75, 3.05) is 69.6 Å². The number of carbonyl (C=O) groups excluding carboxylic acids is 5. The predicted molar refractivity (Wildman–Crippen MR) is 232 cm³/mol. The summed E-state index contributed by atoms with van der Waals surface area (Å²) < 4.78 is 22.0. The number of amides is 5. The van der Waals surface area contributed by atoms with Crippen molar-refractivity contribution in [3.05, 3.63) is 95.1 Å². The number of nitrogens with zero attached hydrogens (tertiary/aromatic N) is 1. The van der Waals surface area contributed by atoms with E-state index < -0.39 is 23.9 Å². The first kappa shape index (κ1) is 49.7. The van der Waals surface area contributed by atoms with Gasteiger partial charge in [0.25, 0.3) is 0 Å². The minimum atomic E-state index is -0.854. The number of para-hydroxylation sites is 1. The number of nitrogens with one attached hydrogen (secondary N) is 4. The Morgan fingerprint density at radius 2 is 1.31 bits per heavy atom. The molecule has 0 aromatic heterocycles. The summed E-state index contributed by atoms with van der Waals surface area (Å²) in [5.41, 5.74) is 4.52. The Balaban J connectivity index is 1.18. The summed E-state index contributed by atoms with van der Waals surface area (Å²) in [5, 5.41) is 20.1. The van der Waals surface area contributed by atoms with E-state index >= 15 is 0 Å². The Hall–Kier alpha value is -5.63. The van der Waals surface area contributed by atoms with Crippen LogP contribution < -0.4 is 26.2 Å². The van der Waals surface area contributed by atoms with Crippen LogP contribution >= 0.6 is 0 Å². The lowest BCUT2D eigenvalue weighted by molar-refractivity contribution is -0.132. The van der Waals surface area contributed by atoms with E-state index in [1.54, 1.807) is 49.9 Å². The van der Waals surface area contributed by atoms with E-state index in [9.17, 15) is 29.1 Å². The third-order valence-electron chi connectivity index (χ3n) is 9.35. The normalized spacial score (nSPS) is 11.9. The number of rotatable bonds is 28. The summed E-state index contributed by atoms with van der Waals surface area (Å²) in [6.07, 6.45) is 5.81. The van der Waals surface area contributed by atoms with Crippen LogP contribution in [0, 0.1) is 25.2 Å². The van der Waals surface area contributed by atoms with Crippen molar-refractivity contribution >= 4 is 40.9 Å². The minimum Gasteiger partial charge on any atom is -0.392 e. The van der Waals surface area contributed by atoms with E-state index in [1.807, 2.05) is 55.5 Å². The lowest BCUT2D eigenvalue weighted by atomic mass is 10.0. The highest BCUT2D eigenvalue weighted by molar-refractivity contribution is 5.98. The molecule has 61 heavy (non-hydrogen) atoms. The summed E-state index contributed by atoms with van der Waals surface area (Å²) in [6, 6.07) is 20.1. The fraction of sp³-hybridized carbons (Fsp3) is 0.457. The maximum Gasteiger partial charge on any atom is 0.246 e. The van der Waals surface area contributed by atoms with Gasteiger partial charge in [-0.05, 0) is 60.7 Å². The summed E-state index contributed by atoms with van der Waals surface area (Å²) in [7, 11) is 0. The number of aryl methyl sites for hydroxylation is 1. The van der Waals surface area contributed by atoms with Gasteiger partial charge in [0, 0.05) is 42.7 Å². The second-order valence-corrected chi connectivity index (χ2v) is 14.5. The van der Waals surface area contributed by atoms with Gasteiger partial charge in [-0.2, -0.15) is 0 Å². The first-order valence-electron chi connectivity index (χ1n) is 20.5. The second-order valence-electron chi connectivity index (χ2n) is 14.5. The maximum atomic E-state index is 13.4. The van der Waals surface area contributed by atoms with E-state index in [2.05, 4.69) is 27.2 Å². The monoisotopic (exact) mass is 843 g/mol. The third-order valence-corrected chi connectivity index (χ3v) is 9.35. The van der Waals surface area contributed by atoms with Gasteiger partial charge in [-0.25, -0.2) is 0 Å². The smallest absolute Gasteiger partial charge is 0.246 e. The van der Waals surface area contributed by atoms with Gasteiger partial charge in [-0.1, -0.05) is 68.3 Å². The van der Waals surface area contributed by atoms with Gasteiger partial charge in [0.2, 0.25) is 29.5 Å². The molecule has 3 aromatic carbocycles. The van der Waals surface area contributed by atoms with Crippen LogP contribution in [0.2, 0.25) is 0 Å². The number of ether oxygens (including phenoxy) is 4. The van der Waals surface area contributed by atoms with Gasteiger partial charge in [-0.3, -0.25) is 24.0 Å². The predicted octanol–water partition coefficient (Wildman–Crippen LogP) is 3.64. The van der Waals surface area contributed by atoms with E-state index in [1.165, 1.54) is 0 Å². The number of benzene rings is 3. The van der Waals surface area contributed by atoms with Crippen LogP contribution in [0.1, 0.15) is 62.3 Å². The molecule has 0 saturated heterocycles. The van der Waals surface area contributed by atoms with Crippen molar-refractivity contribution in [3.63, 3.8) is 0 Å². The zero-order chi connectivity index (χ0) is 44.4. The van der Waals surface area contributed by atoms with Crippen LogP contribution in [-0.4, -0.2) is 106 Å². The van der Waals surface area contributed by atoms with E-state index in [0.29, 0.717) is 69.5 Å². The number of aliphatic hydroxyl groups excluding tert-OH is 1. The lowest BCUT2D eigenvalue weighted by Crippen LogP contribution is -2.53. The molecule has 0 aliphatic carbocycles. The van der Waals surface area contributed by atoms with E-state index in [-0.39, 0.29) is 62.7 Å². The molecular weight excluding hydrogens is 783 g/mol. The first-order chi connectivity index (χ1) is 29.4. The lowest BCUT2D eigenvalue weighted by Gasteiger charge is -2.25. The van der Waals surface area contributed by atoms with Crippen molar-refractivity contribution in [3.8, 4) is 12.3 Å². The van der Waals surface area contributed by atoms with E-state index in [4.69, 9.17) is 25.4 Å². The van der Waals surface area contributed by atoms with E-state index in [0.717, 1.165) is 16.8 Å².